The van der Waals surface area contributed by atoms with Crippen molar-refractivity contribution in [3.63, 3.8) is 0 Å². The van der Waals surface area contributed by atoms with E-state index in [9.17, 15) is 38.4 Å². The zero-order valence-electron chi connectivity index (χ0n) is 51.7. The summed E-state index contributed by atoms with van der Waals surface area (Å²) in [5, 5.41) is 0. The number of carbonyl (C=O) groups is 8. The highest BCUT2D eigenvalue weighted by Gasteiger charge is 2.59. The molecule has 0 aromatic carbocycles. The average Bonchev–Trinajstić information content (AvgIpc) is 3.46. The lowest BCUT2D eigenvalue weighted by Gasteiger charge is -2.49. The first-order valence-corrected chi connectivity index (χ1v) is 31.8. The molecule has 2 aliphatic rings. The van der Waals surface area contributed by atoms with E-state index in [4.69, 9.17) is 56.2 Å². The smallest absolute Gasteiger partial charge is 0.342 e. The zero-order chi connectivity index (χ0) is 60.8. The minimum Gasteiger partial charge on any atom is -0.463 e. The van der Waals surface area contributed by atoms with Gasteiger partial charge in [-0.3, -0.25) is 38.4 Å². The Hall–Kier alpha value is -4.26. The third-order valence-corrected chi connectivity index (χ3v) is 17.4. The van der Waals surface area contributed by atoms with Crippen LogP contribution in [-0.4, -0.2) is 195 Å². The molecule has 10 atom stereocenters. The molecule has 0 saturated carbocycles. The molecule has 81 heavy (non-hydrogen) atoms. The van der Waals surface area contributed by atoms with Crippen molar-refractivity contribution in [2.75, 3.05) is 68.6 Å². The molecule has 0 aliphatic carbocycles. The van der Waals surface area contributed by atoms with E-state index in [-0.39, 0.29) is 12.1 Å². The molecule has 0 radical (unpaired) electrons. The quantitative estimate of drug-likeness (QED) is 0.0186. The van der Waals surface area contributed by atoms with Crippen molar-refractivity contribution in [2.24, 2.45) is 0 Å². The van der Waals surface area contributed by atoms with E-state index < -0.39 is 131 Å². The van der Waals surface area contributed by atoms with Gasteiger partial charge < -0.3 is 65.2 Å². The van der Waals surface area contributed by atoms with Gasteiger partial charge in [-0.05, 0) is 37.8 Å². The largest absolute Gasteiger partial charge is 0.463 e. The SMILES string of the molecule is CC(=O)OCC1OC(O[Si](CCCCCCCCCCCC[N+](C)(C)C)(CCCCCCCCCCCC[N+](C)(C)C)OC2OC(COC(C)=O)C(OC(C)=O)C(OC(C)=O)C2OC(C)=O)C(OC(C)=O)C(OC(C)=O)C1OC(C)=O. The highest BCUT2D eigenvalue weighted by atomic mass is 28.4. The Morgan fingerprint density at radius 1 is 0.321 bits per heavy atom. The van der Waals surface area contributed by atoms with Gasteiger partial charge in [0.1, 0.15) is 25.4 Å². The standard InChI is InChI=1S/C58H104N2O20Si/c1-41(61)69-39-49-51(71-43(3)63)53(73-45(5)65)55(75-47(7)67)57(77-49)79-81(37-33-29-25-21-17-15-19-23-27-31-35-59(9,10)11,38-34-30-26-22-18-16-20-24-28-32-36-60(12,13)14)80-58-56(76-48(8)68)54(74-46(6)66)52(72-44(4)64)50(78-58)40-70-42(2)62/h49-58H,15-40H2,1-14H3/q+2. The molecule has 2 fully saturated rings. The number of nitrogens with zero attached hydrogens (tertiary/aromatic N) is 2. The van der Waals surface area contributed by atoms with Crippen molar-refractivity contribution < 1.29 is 104 Å². The second-order valence-electron chi connectivity index (χ2n) is 23.9. The molecule has 0 amide bonds. The number of hydrogen-bond acceptors (Lipinski definition) is 20. The molecule has 2 aliphatic heterocycles. The third kappa shape index (κ3) is 31.8. The monoisotopic (exact) mass is 1180 g/mol. The molecular formula is C58H104N2O20Si+2. The van der Waals surface area contributed by atoms with Crippen LogP contribution in [0.4, 0.5) is 0 Å². The van der Waals surface area contributed by atoms with Crippen molar-refractivity contribution in [3.8, 4) is 0 Å². The van der Waals surface area contributed by atoms with Crippen LogP contribution in [0.5, 0.6) is 0 Å². The summed E-state index contributed by atoms with van der Waals surface area (Å²) in [4.78, 5) is 102. The minimum atomic E-state index is -4.11. The van der Waals surface area contributed by atoms with Crippen molar-refractivity contribution in [1.29, 1.82) is 0 Å². The summed E-state index contributed by atoms with van der Waals surface area (Å²) in [5.41, 5.74) is 0. The summed E-state index contributed by atoms with van der Waals surface area (Å²) in [6.07, 6.45) is 4.63. The molecule has 23 heteroatoms. The number of quaternary nitrogens is 2. The zero-order valence-corrected chi connectivity index (χ0v) is 52.7. The van der Waals surface area contributed by atoms with Gasteiger partial charge in [-0.2, -0.15) is 0 Å². The maximum atomic E-state index is 13.1. The topological polar surface area (TPSA) is 247 Å². The Kier molecular flexibility index (Phi) is 34.0. The Morgan fingerprint density at radius 3 is 0.802 bits per heavy atom. The van der Waals surface area contributed by atoms with Crippen LogP contribution in [0, 0.1) is 0 Å². The predicted octanol–water partition coefficient (Wildman–Crippen LogP) is 7.84. The summed E-state index contributed by atoms with van der Waals surface area (Å²) < 4.78 is 75.1. The number of unbranched alkanes of at least 4 members (excludes halogenated alkanes) is 18. The fourth-order valence-corrected chi connectivity index (χ4v) is 13.7. The van der Waals surface area contributed by atoms with Gasteiger partial charge in [0.2, 0.25) is 0 Å². The molecule has 0 bridgehead atoms. The van der Waals surface area contributed by atoms with Gasteiger partial charge in [0.05, 0.1) is 55.4 Å². The van der Waals surface area contributed by atoms with Gasteiger partial charge in [0.25, 0.3) is 0 Å². The number of rotatable bonds is 40. The first-order chi connectivity index (χ1) is 38.0. The minimum absolute atomic E-state index is 0.229. The molecular weight excluding hydrogens is 1070 g/mol. The van der Waals surface area contributed by atoms with E-state index in [0.717, 1.165) is 141 Å². The second kappa shape index (κ2) is 37.8. The van der Waals surface area contributed by atoms with E-state index in [1.807, 2.05) is 0 Å². The number of carbonyl (C=O) groups excluding carboxylic acids is 8. The first-order valence-electron chi connectivity index (χ1n) is 29.6. The molecule has 2 saturated heterocycles. The number of ether oxygens (including phenoxy) is 10. The second-order valence-corrected chi connectivity index (χ2v) is 27.2. The average molecular weight is 1180 g/mol. The van der Waals surface area contributed by atoms with Crippen LogP contribution in [-0.2, 0) is 94.6 Å². The van der Waals surface area contributed by atoms with Gasteiger partial charge >= 0.3 is 56.3 Å². The Labute approximate surface area is 484 Å². The number of hydrogen-bond donors (Lipinski definition) is 0. The maximum absolute atomic E-state index is 13.1. The van der Waals surface area contributed by atoms with E-state index in [2.05, 4.69) is 42.3 Å². The molecule has 0 aromatic heterocycles. The van der Waals surface area contributed by atoms with Crippen LogP contribution in [0.15, 0.2) is 0 Å². The van der Waals surface area contributed by atoms with Crippen LogP contribution in [0.1, 0.15) is 184 Å². The van der Waals surface area contributed by atoms with Gasteiger partial charge in [-0.15, -0.1) is 0 Å². The molecule has 2 rings (SSSR count). The molecule has 22 nitrogen and oxygen atoms in total. The molecule has 0 spiro atoms. The molecule has 468 valence electrons. The predicted molar refractivity (Wildman–Crippen MR) is 300 cm³/mol. The van der Waals surface area contributed by atoms with Crippen molar-refractivity contribution in [3.05, 3.63) is 0 Å². The summed E-state index contributed by atoms with van der Waals surface area (Å²) in [7, 11) is 9.11. The molecule has 2 heterocycles. The third-order valence-electron chi connectivity index (χ3n) is 13.8. The van der Waals surface area contributed by atoms with Crippen LogP contribution in [0.25, 0.3) is 0 Å². The normalized spacial score (nSPS) is 23.1. The summed E-state index contributed by atoms with van der Waals surface area (Å²) in [6, 6.07) is 0.459. The van der Waals surface area contributed by atoms with Crippen LogP contribution >= 0.6 is 0 Å². The summed E-state index contributed by atoms with van der Waals surface area (Å²) in [5.74, 6) is -6.37. The van der Waals surface area contributed by atoms with Crippen LogP contribution in [0.2, 0.25) is 12.1 Å². The highest BCUT2D eigenvalue weighted by molar-refractivity contribution is 6.67. The van der Waals surface area contributed by atoms with Crippen molar-refractivity contribution in [1.82, 2.24) is 0 Å². The molecule has 0 N–H and O–H groups in total. The number of esters is 8. The van der Waals surface area contributed by atoms with Crippen LogP contribution < -0.4 is 0 Å². The summed E-state index contributed by atoms with van der Waals surface area (Å²) in [6.45, 7) is 10.3. The van der Waals surface area contributed by atoms with Crippen molar-refractivity contribution >= 4 is 56.3 Å². The van der Waals surface area contributed by atoms with Gasteiger partial charge in [-0.25, -0.2) is 0 Å². The Morgan fingerprint density at radius 2 is 0.556 bits per heavy atom. The highest BCUT2D eigenvalue weighted by Crippen LogP contribution is 2.39. The Bertz CT molecular complexity index is 1790. The van der Waals surface area contributed by atoms with Gasteiger partial charge in [0, 0.05) is 55.4 Å². The van der Waals surface area contributed by atoms with E-state index >= 15 is 0 Å². The fraction of sp³-hybridized carbons (Fsp3) is 0.862. The molecule has 0 aromatic rings. The van der Waals surface area contributed by atoms with Gasteiger partial charge in [-0.1, -0.05) is 103 Å². The van der Waals surface area contributed by atoms with E-state index in [1.54, 1.807) is 0 Å². The first kappa shape index (κ1) is 72.8. The Balaban J connectivity index is 2.79. The van der Waals surface area contributed by atoms with E-state index in [0.29, 0.717) is 12.8 Å². The fourth-order valence-electron chi connectivity index (χ4n) is 10.2. The lowest BCUT2D eigenvalue weighted by Crippen LogP contribution is -2.67. The summed E-state index contributed by atoms with van der Waals surface area (Å²) >= 11 is 0. The molecule has 10 unspecified atom stereocenters. The maximum Gasteiger partial charge on any atom is 0.342 e. The van der Waals surface area contributed by atoms with Gasteiger partial charge in [0.15, 0.2) is 49.2 Å². The van der Waals surface area contributed by atoms with E-state index in [1.165, 1.54) is 52.4 Å². The lowest BCUT2D eigenvalue weighted by molar-refractivity contribution is -0.870. The lowest BCUT2D eigenvalue weighted by atomic mass is 9.98. The van der Waals surface area contributed by atoms with Crippen molar-refractivity contribution in [2.45, 2.75) is 257 Å². The van der Waals surface area contributed by atoms with Crippen LogP contribution in [0.3, 0.4) is 0 Å².